The van der Waals surface area contributed by atoms with Gasteiger partial charge in [0.1, 0.15) is 5.75 Å². The summed E-state index contributed by atoms with van der Waals surface area (Å²) in [4.78, 5) is 30.5. The highest BCUT2D eigenvalue weighted by Crippen LogP contribution is 2.24. The van der Waals surface area contributed by atoms with Gasteiger partial charge in [-0.25, -0.2) is 4.79 Å². The number of hydrogen-bond donors (Lipinski definition) is 1. The molecule has 1 aromatic heterocycles. The fraction of sp³-hybridized carbons (Fsp3) is 0.167. The molecule has 0 fully saturated rings. The molecule has 0 bridgehead atoms. The second kappa shape index (κ2) is 11.8. The van der Waals surface area contributed by atoms with Crippen LogP contribution in [0.25, 0.3) is 22.3 Å². The van der Waals surface area contributed by atoms with Crippen LogP contribution in [-0.4, -0.2) is 35.5 Å². The molecule has 182 valence electrons. The van der Waals surface area contributed by atoms with Crippen LogP contribution < -0.4 is 10.1 Å². The fourth-order valence-corrected chi connectivity index (χ4v) is 3.96. The Balaban J connectivity index is 1.43. The zero-order valence-corrected chi connectivity index (χ0v) is 20.5. The molecule has 4 aromatic rings. The van der Waals surface area contributed by atoms with Crippen LogP contribution in [-0.2, 0) is 6.54 Å². The largest absolute Gasteiger partial charge is 0.415 e. The Kier molecular flexibility index (Phi) is 8.08. The van der Waals surface area contributed by atoms with Crippen LogP contribution in [0.15, 0.2) is 97.3 Å². The van der Waals surface area contributed by atoms with Gasteiger partial charge in [-0.05, 0) is 76.7 Å². The SMILES string of the molecule is CCCN(Cc1cccc(-c2ccncc2)c1)C(=O)Oc1ccc(-c2ccc(C(=O)NC)cc2)cc1. The van der Waals surface area contributed by atoms with E-state index in [9.17, 15) is 9.59 Å². The lowest BCUT2D eigenvalue weighted by molar-refractivity contribution is 0.0963. The number of ether oxygens (including phenoxy) is 1. The molecule has 0 aliphatic carbocycles. The van der Waals surface area contributed by atoms with Crippen LogP contribution in [0.5, 0.6) is 5.75 Å². The minimum absolute atomic E-state index is 0.121. The second-order valence-corrected chi connectivity index (χ2v) is 8.41. The van der Waals surface area contributed by atoms with Crippen molar-refractivity contribution in [2.24, 2.45) is 0 Å². The minimum Gasteiger partial charge on any atom is -0.410 e. The first-order valence-corrected chi connectivity index (χ1v) is 12.0. The predicted octanol–water partition coefficient (Wildman–Crippen LogP) is 6.19. The smallest absolute Gasteiger partial charge is 0.410 e. The maximum absolute atomic E-state index is 13.0. The monoisotopic (exact) mass is 479 g/mol. The van der Waals surface area contributed by atoms with Gasteiger partial charge in [0.15, 0.2) is 0 Å². The highest BCUT2D eigenvalue weighted by molar-refractivity contribution is 5.94. The number of hydrogen-bond acceptors (Lipinski definition) is 4. The molecule has 6 heteroatoms. The summed E-state index contributed by atoms with van der Waals surface area (Å²) in [6.45, 7) is 3.09. The average Bonchev–Trinajstić information content (AvgIpc) is 2.93. The van der Waals surface area contributed by atoms with Gasteiger partial charge >= 0.3 is 6.09 Å². The van der Waals surface area contributed by atoms with Gasteiger partial charge in [0, 0.05) is 38.1 Å². The molecule has 1 N–H and O–H groups in total. The van der Waals surface area contributed by atoms with Gasteiger partial charge in [-0.1, -0.05) is 49.4 Å². The van der Waals surface area contributed by atoms with Crippen molar-refractivity contribution in [2.45, 2.75) is 19.9 Å². The molecule has 36 heavy (non-hydrogen) atoms. The molecule has 0 spiro atoms. The third-order valence-electron chi connectivity index (χ3n) is 5.83. The van der Waals surface area contributed by atoms with Gasteiger partial charge in [-0.15, -0.1) is 0 Å². The Morgan fingerprint density at radius 1 is 0.833 bits per heavy atom. The van der Waals surface area contributed by atoms with Crippen LogP contribution in [0.1, 0.15) is 29.3 Å². The zero-order chi connectivity index (χ0) is 25.3. The van der Waals surface area contributed by atoms with E-state index in [2.05, 4.69) is 22.4 Å². The van der Waals surface area contributed by atoms with Crippen molar-refractivity contribution in [3.8, 4) is 28.0 Å². The Labute approximate surface area is 211 Å². The highest BCUT2D eigenvalue weighted by atomic mass is 16.6. The van der Waals surface area contributed by atoms with Crippen molar-refractivity contribution >= 4 is 12.0 Å². The van der Waals surface area contributed by atoms with E-state index in [0.29, 0.717) is 24.4 Å². The molecule has 0 aliphatic rings. The lowest BCUT2D eigenvalue weighted by atomic mass is 10.0. The molecule has 1 heterocycles. The van der Waals surface area contributed by atoms with E-state index in [1.165, 1.54) is 0 Å². The number of benzene rings is 3. The number of nitrogens with zero attached hydrogens (tertiary/aromatic N) is 2. The van der Waals surface area contributed by atoms with Crippen molar-refractivity contribution in [2.75, 3.05) is 13.6 Å². The molecular weight excluding hydrogens is 450 g/mol. The topological polar surface area (TPSA) is 71.5 Å². The van der Waals surface area contributed by atoms with Crippen LogP contribution in [0.3, 0.4) is 0 Å². The molecule has 0 saturated carbocycles. The maximum atomic E-state index is 13.0. The second-order valence-electron chi connectivity index (χ2n) is 8.41. The van der Waals surface area contributed by atoms with Crippen molar-refractivity contribution in [1.29, 1.82) is 0 Å². The van der Waals surface area contributed by atoms with Crippen molar-refractivity contribution in [3.05, 3.63) is 108 Å². The quantitative estimate of drug-likeness (QED) is 0.327. The van der Waals surface area contributed by atoms with Gasteiger partial charge in [-0.2, -0.15) is 0 Å². The lowest BCUT2D eigenvalue weighted by Crippen LogP contribution is -2.33. The molecule has 0 atom stereocenters. The van der Waals surface area contributed by atoms with E-state index >= 15 is 0 Å². The van der Waals surface area contributed by atoms with Crippen LogP contribution >= 0.6 is 0 Å². The summed E-state index contributed by atoms with van der Waals surface area (Å²) < 4.78 is 5.70. The molecule has 0 unspecified atom stereocenters. The maximum Gasteiger partial charge on any atom is 0.415 e. The van der Waals surface area contributed by atoms with Gasteiger partial charge in [0.05, 0.1) is 0 Å². The molecule has 3 aromatic carbocycles. The number of aromatic nitrogens is 1. The van der Waals surface area contributed by atoms with Crippen LogP contribution in [0.2, 0.25) is 0 Å². The number of carbonyl (C=O) groups excluding carboxylic acids is 2. The third kappa shape index (κ3) is 6.16. The van der Waals surface area contributed by atoms with Crippen molar-refractivity contribution < 1.29 is 14.3 Å². The summed E-state index contributed by atoms with van der Waals surface area (Å²) in [6.07, 6.45) is 3.99. The summed E-state index contributed by atoms with van der Waals surface area (Å²) in [5.74, 6) is 0.363. The Bertz CT molecular complexity index is 1300. The minimum atomic E-state index is -0.381. The first kappa shape index (κ1) is 24.7. The summed E-state index contributed by atoms with van der Waals surface area (Å²) in [6, 6.07) is 26.8. The number of pyridine rings is 1. The molecule has 0 radical (unpaired) electrons. The first-order chi connectivity index (χ1) is 17.6. The summed E-state index contributed by atoms with van der Waals surface area (Å²) in [5, 5.41) is 2.62. The van der Waals surface area contributed by atoms with E-state index in [4.69, 9.17) is 4.74 Å². The molecular formula is C30H29N3O3. The number of carbonyl (C=O) groups is 2. The Hall–Kier alpha value is -4.45. The number of amides is 2. The molecule has 6 nitrogen and oxygen atoms in total. The van der Waals surface area contributed by atoms with Crippen molar-refractivity contribution in [3.63, 3.8) is 0 Å². The highest BCUT2D eigenvalue weighted by Gasteiger charge is 2.16. The normalized spacial score (nSPS) is 10.5. The molecule has 4 rings (SSSR count). The fourth-order valence-electron chi connectivity index (χ4n) is 3.96. The first-order valence-electron chi connectivity index (χ1n) is 12.0. The van der Waals surface area contributed by atoms with E-state index in [0.717, 1.165) is 34.2 Å². The number of rotatable bonds is 8. The van der Waals surface area contributed by atoms with E-state index in [1.807, 2.05) is 55.5 Å². The van der Waals surface area contributed by atoms with E-state index in [1.54, 1.807) is 48.6 Å². The van der Waals surface area contributed by atoms with Crippen LogP contribution in [0.4, 0.5) is 4.79 Å². The van der Waals surface area contributed by atoms with E-state index < -0.39 is 0 Å². The number of nitrogens with one attached hydrogen (secondary N) is 1. The summed E-state index contributed by atoms with van der Waals surface area (Å²) in [7, 11) is 1.61. The average molecular weight is 480 g/mol. The molecule has 2 amide bonds. The third-order valence-corrected chi connectivity index (χ3v) is 5.83. The van der Waals surface area contributed by atoms with Crippen LogP contribution in [0, 0.1) is 0 Å². The lowest BCUT2D eigenvalue weighted by Gasteiger charge is -2.22. The van der Waals surface area contributed by atoms with Gasteiger partial charge in [0.2, 0.25) is 0 Å². The summed E-state index contributed by atoms with van der Waals surface area (Å²) in [5.41, 5.74) is 5.75. The van der Waals surface area contributed by atoms with Crippen molar-refractivity contribution in [1.82, 2.24) is 15.2 Å². The standard InChI is InChI=1S/C30H29N3O3/c1-3-19-33(21-22-5-4-6-27(20-22)25-15-17-32-18-16-25)30(35)36-28-13-11-24(12-14-28)23-7-9-26(10-8-23)29(34)31-2/h4-18,20H,3,19,21H2,1-2H3,(H,31,34). The van der Waals surface area contributed by atoms with Gasteiger partial charge in [0.25, 0.3) is 5.91 Å². The molecule has 0 saturated heterocycles. The Morgan fingerprint density at radius 3 is 2.11 bits per heavy atom. The Morgan fingerprint density at radius 2 is 1.47 bits per heavy atom. The summed E-state index contributed by atoms with van der Waals surface area (Å²) >= 11 is 0. The zero-order valence-electron chi connectivity index (χ0n) is 20.5. The van der Waals surface area contributed by atoms with E-state index in [-0.39, 0.29) is 12.0 Å². The van der Waals surface area contributed by atoms with Gasteiger partial charge < -0.3 is 15.0 Å². The van der Waals surface area contributed by atoms with Gasteiger partial charge in [-0.3, -0.25) is 9.78 Å². The molecule has 0 aliphatic heterocycles. The predicted molar refractivity (Wildman–Crippen MR) is 142 cm³/mol.